The van der Waals surface area contributed by atoms with Crippen LogP contribution in [-0.2, 0) is 16.0 Å². The molecule has 0 aliphatic carbocycles. The number of hydrogen-bond acceptors (Lipinski definition) is 5. The third-order valence-electron chi connectivity index (χ3n) is 4.02. The monoisotopic (exact) mass is 304 g/mol. The fourth-order valence-electron chi connectivity index (χ4n) is 2.72. The number of hydrogen-bond donors (Lipinski definition) is 1. The fourth-order valence-corrected chi connectivity index (χ4v) is 2.72. The lowest BCUT2D eigenvalue weighted by Gasteiger charge is -2.29. The van der Waals surface area contributed by atoms with Crippen LogP contribution in [0.5, 0.6) is 5.75 Å². The van der Waals surface area contributed by atoms with Gasteiger partial charge >= 0.3 is 0 Å². The van der Waals surface area contributed by atoms with Crippen LogP contribution in [0.25, 0.3) is 0 Å². The van der Waals surface area contributed by atoms with E-state index >= 15 is 0 Å². The average Bonchev–Trinajstić information content (AvgIpc) is 3.03. The molecule has 1 saturated heterocycles. The van der Waals surface area contributed by atoms with Gasteiger partial charge in [0.15, 0.2) is 0 Å². The van der Waals surface area contributed by atoms with E-state index in [2.05, 4.69) is 35.5 Å². The number of nitrogens with one attached hydrogen (secondary N) is 1. The summed E-state index contributed by atoms with van der Waals surface area (Å²) >= 11 is 0. The molecule has 0 unspecified atom stereocenters. The molecule has 1 aromatic carbocycles. The van der Waals surface area contributed by atoms with E-state index in [-0.39, 0.29) is 0 Å². The van der Waals surface area contributed by atoms with Gasteiger partial charge in [-0.25, -0.2) is 0 Å². The van der Waals surface area contributed by atoms with E-state index in [1.54, 1.807) is 6.26 Å². The lowest BCUT2D eigenvalue weighted by atomic mass is 10.1. The first-order valence-corrected chi connectivity index (χ1v) is 7.88. The van der Waals surface area contributed by atoms with Crippen LogP contribution >= 0.6 is 0 Å². The molecule has 0 aromatic heterocycles. The van der Waals surface area contributed by atoms with E-state index in [0.717, 1.165) is 44.0 Å². The molecular formula is C17H24N2O3. The van der Waals surface area contributed by atoms with Gasteiger partial charge < -0.3 is 24.4 Å². The van der Waals surface area contributed by atoms with Crippen molar-refractivity contribution in [1.29, 1.82) is 0 Å². The Balaban J connectivity index is 1.47. The molecule has 1 N–H and O–H groups in total. The van der Waals surface area contributed by atoms with Crippen molar-refractivity contribution in [3.05, 3.63) is 41.9 Å². The van der Waals surface area contributed by atoms with Crippen molar-refractivity contribution in [2.24, 2.45) is 0 Å². The van der Waals surface area contributed by atoms with Crippen molar-refractivity contribution in [2.45, 2.75) is 25.5 Å². The average molecular weight is 304 g/mol. The first-order valence-electron chi connectivity index (χ1n) is 7.88. The molecule has 0 amide bonds. The Morgan fingerprint density at radius 3 is 2.91 bits per heavy atom. The van der Waals surface area contributed by atoms with E-state index in [9.17, 15) is 0 Å². The number of ether oxygens (including phenoxy) is 3. The Kier molecular flexibility index (Phi) is 5.19. The Morgan fingerprint density at radius 2 is 2.14 bits per heavy atom. The van der Waals surface area contributed by atoms with Gasteiger partial charge in [0.2, 0.25) is 6.79 Å². The molecule has 0 saturated carbocycles. The first kappa shape index (κ1) is 15.2. The van der Waals surface area contributed by atoms with Gasteiger partial charge in [-0.2, -0.15) is 0 Å². The Bertz CT molecular complexity index is 510. The van der Waals surface area contributed by atoms with Crippen molar-refractivity contribution in [3.63, 3.8) is 0 Å². The van der Waals surface area contributed by atoms with Crippen molar-refractivity contribution in [1.82, 2.24) is 10.2 Å². The lowest BCUT2D eigenvalue weighted by Crippen LogP contribution is -2.35. The highest BCUT2D eigenvalue weighted by molar-refractivity contribution is 5.28. The molecule has 1 fully saturated rings. The number of benzene rings is 1. The molecule has 2 aliphatic rings. The summed E-state index contributed by atoms with van der Waals surface area (Å²) in [6, 6.07) is 8.31. The number of rotatable bonds is 6. The second kappa shape index (κ2) is 7.51. The largest absolute Gasteiger partial charge is 0.490 e. The quantitative estimate of drug-likeness (QED) is 0.872. The molecule has 2 aliphatic heterocycles. The highest BCUT2D eigenvalue weighted by Gasteiger charge is 2.17. The normalized spacial score (nSPS) is 19.4. The van der Waals surface area contributed by atoms with Gasteiger partial charge in [-0.15, -0.1) is 0 Å². The van der Waals surface area contributed by atoms with Crippen molar-refractivity contribution in [2.75, 3.05) is 33.5 Å². The van der Waals surface area contributed by atoms with Crippen molar-refractivity contribution in [3.8, 4) is 5.75 Å². The summed E-state index contributed by atoms with van der Waals surface area (Å²) in [5.74, 6) is 1.81. The number of nitrogens with zero attached hydrogens (tertiary/aromatic N) is 1. The number of piperidine rings is 1. The predicted molar refractivity (Wildman–Crippen MR) is 84.4 cm³/mol. The Hall–Kier alpha value is -1.72. The van der Waals surface area contributed by atoms with E-state index in [4.69, 9.17) is 14.2 Å². The van der Waals surface area contributed by atoms with Gasteiger partial charge in [0, 0.05) is 19.6 Å². The second-order valence-corrected chi connectivity index (χ2v) is 5.88. The Labute approximate surface area is 131 Å². The minimum Gasteiger partial charge on any atom is -0.490 e. The van der Waals surface area contributed by atoms with Crippen LogP contribution in [-0.4, -0.2) is 44.5 Å². The minimum absolute atomic E-state index is 0.330. The molecule has 120 valence electrons. The SMILES string of the molecule is CN1CCC(Oc2cccc(CNCC3=COCO3)c2)CC1. The molecule has 5 nitrogen and oxygen atoms in total. The summed E-state index contributed by atoms with van der Waals surface area (Å²) in [5, 5.41) is 3.34. The summed E-state index contributed by atoms with van der Waals surface area (Å²) in [4.78, 5) is 2.35. The summed E-state index contributed by atoms with van der Waals surface area (Å²) in [6.07, 6.45) is 4.20. The van der Waals surface area contributed by atoms with Gasteiger partial charge in [-0.05, 0) is 37.6 Å². The maximum absolute atomic E-state index is 6.11. The molecule has 22 heavy (non-hydrogen) atoms. The van der Waals surface area contributed by atoms with Gasteiger partial charge in [-0.1, -0.05) is 12.1 Å². The molecule has 5 heteroatoms. The molecule has 0 bridgehead atoms. The molecule has 2 heterocycles. The Morgan fingerprint density at radius 1 is 1.27 bits per heavy atom. The zero-order valence-corrected chi connectivity index (χ0v) is 13.1. The van der Waals surface area contributed by atoms with E-state index in [0.29, 0.717) is 19.4 Å². The third-order valence-corrected chi connectivity index (χ3v) is 4.02. The maximum atomic E-state index is 6.11. The van der Waals surface area contributed by atoms with E-state index in [1.807, 2.05) is 6.07 Å². The van der Waals surface area contributed by atoms with Gasteiger partial charge in [0.05, 0.1) is 6.54 Å². The topological polar surface area (TPSA) is 43.0 Å². The second-order valence-electron chi connectivity index (χ2n) is 5.88. The summed E-state index contributed by atoms with van der Waals surface area (Å²) in [5.41, 5.74) is 1.21. The van der Waals surface area contributed by atoms with Crippen molar-refractivity contribution >= 4 is 0 Å². The van der Waals surface area contributed by atoms with Crippen LogP contribution in [0.2, 0.25) is 0 Å². The standard InChI is InChI=1S/C17H24N2O3/c1-19-7-5-15(6-8-19)22-16-4-2-3-14(9-16)10-18-11-17-12-20-13-21-17/h2-4,9,12,15,18H,5-8,10-11,13H2,1H3. The van der Waals surface area contributed by atoms with Crippen LogP contribution in [0.15, 0.2) is 36.3 Å². The fraction of sp³-hybridized carbons (Fsp3) is 0.529. The van der Waals surface area contributed by atoms with Crippen LogP contribution in [0.1, 0.15) is 18.4 Å². The minimum atomic E-state index is 0.330. The van der Waals surface area contributed by atoms with Crippen LogP contribution in [0.4, 0.5) is 0 Å². The summed E-state index contributed by atoms with van der Waals surface area (Å²) in [7, 11) is 2.16. The van der Waals surface area contributed by atoms with Crippen LogP contribution < -0.4 is 10.1 Å². The molecule has 0 atom stereocenters. The highest BCUT2D eigenvalue weighted by Crippen LogP contribution is 2.19. The lowest BCUT2D eigenvalue weighted by molar-refractivity contribution is 0.0789. The van der Waals surface area contributed by atoms with Crippen molar-refractivity contribution < 1.29 is 14.2 Å². The smallest absolute Gasteiger partial charge is 0.229 e. The first-order chi connectivity index (χ1) is 10.8. The molecular weight excluding hydrogens is 280 g/mol. The zero-order chi connectivity index (χ0) is 15.2. The zero-order valence-electron chi connectivity index (χ0n) is 13.1. The van der Waals surface area contributed by atoms with Gasteiger partial charge in [-0.3, -0.25) is 0 Å². The molecule has 0 radical (unpaired) electrons. The predicted octanol–water partition coefficient (Wildman–Crippen LogP) is 2.09. The molecule has 0 spiro atoms. The summed E-state index contributed by atoms with van der Waals surface area (Å²) in [6.45, 7) is 4.02. The van der Waals surface area contributed by atoms with E-state index < -0.39 is 0 Å². The molecule has 3 rings (SSSR count). The van der Waals surface area contributed by atoms with E-state index in [1.165, 1.54) is 5.56 Å². The molecule has 1 aromatic rings. The third kappa shape index (κ3) is 4.39. The number of likely N-dealkylation sites (tertiary alicyclic amines) is 1. The van der Waals surface area contributed by atoms with Crippen LogP contribution in [0, 0.1) is 0 Å². The van der Waals surface area contributed by atoms with Crippen LogP contribution in [0.3, 0.4) is 0 Å². The van der Waals surface area contributed by atoms with Gasteiger partial charge in [0.25, 0.3) is 0 Å². The van der Waals surface area contributed by atoms with Gasteiger partial charge in [0.1, 0.15) is 23.9 Å². The maximum Gasteiger partial charge on any atom is 0.229 e. The highest BCUT2D eigenvalue weighted by atomic mass is 16.7. The summed E-state index contributed by atoms with van der Waals surface area (Å²) < 4.78 is 16.4.